The lowest BCUT2D eigenvalue weighted by molar-refractivity contribution is 0.0957. The highest BCUT2D eigenvalue weighted by molar-refractivity contribution is 5.94. The Morgan fingerprint density at radius 3 is 2.82 bits per heavy atom. The Hall–Kier alpha value is -2.82. The highest BCUT2D eigenvalue weighted by atomic mass is 16.5. The zero-order chi connectivity index (χ0) is 15.8. The zero-order valence-electron chi connectivity index (χ0n) is 12.5. The molecule has 1 amide bonds. The van der Waals surface area contributed by atoms with E-state index < -0.39 is 0 Å². The highest BCUT2D eigenvalue weighted by Crippen LogP contribution is 2.26. The highest BCUT2D eigenvalue weighted by Gasteiger charge is 2.06. The second-order valence-corrected chi connectivity index (χ2v) is 4.48. The van der Waals surface area contributed by atoms with Gasteiger partial charge in [-0.25, -0.2) is 4.98 Å². The molecule has 0 spiro atoms. The fraction of sp³-hybridized carbons (Fsp3) is 0.176. The molecule has 5 nitrogen and oxygen atoms in total. The molecule has 1 heterocycles. The number of amides is 1. The monoisotopic (exact) mass is 297 g/mol. The van der Waals surface area contributed by atoms with Gasteiger partial charge in [0.2, 0.25) is 0 Å². The summed E-state index contributed by atoms with van der Waals surface area (Å²) >= 11 is 0. The van der Waals surface area contributed by atoms with Crippen molar-refractivity contribution in [1.82, 2.24) is 10.3 Å². The minimum atomic E-state index is -0.173. The van der Waals surface area contributed by atoms with Crippen LogP contribution in [0.4, 0.5) is 11.5 Å². The average molecular weight is 297 g/mol. The topological polar surface area (TPSA) is 63.2 Å². The Labute approximate surface area is 130 Å². The Kier molecular flexibility index (Phi) is 5.54. The molecule has 0 saturated heterocycles. The van der Waals surface area contributed by atoms with Crippen molar-refractivity contribution in [1.29, 1.82) is 0 Å². The summed E-state index contributed by atoms with van der Waals surface area (Å²) in [6.45, 7) is 6.52. The lowest BCUT2D eigenvalue weighted by atomic mass is 10.2. The summed E-state index contributed by atoms with van der Waals surface area (Å²) in [5.74, 6) is 1.24. The van der Waals surface area contributed by atoms with Gasteiger partial charge in [0, 0.05) is 12.7 Å². The van der Waals surface area contributed by atoms with E-state index in [1.54, 1.807) is 18.2 Å². The first-order valence-corrected chi connectivity index (χ1v) is 7.08. The second-order valence-electron chi connectivity index (χ2n) is 4.48. The van der Waals surface area contributed by atoms with Crippen molar-refractivity contribution in [3.05, 3.63) is 60.8 Å². The lowest BCUT2D eigenvalue weighted by Gasteiger charge is -2.11. The predicted octanol–water partition coefficient (Wildman–Crippen LogP) is 3.14. The van der Waals surface area contributed by atoms with Gasteiger partial charge in [0.1, 0.15) is 11.6 Å². The zero-order valence-corrected chi connectivity index (χ0v) is 12.5. The fourth-order valence-electron chi connectivity index (χ4n) is 1.86. The lowest BCUT2D eigenvalue weighted by Crippen LogP contribution is -2.23. The van der Waals surface area contributed by atoms with E-state index in [0.717, 1.165) is 11.4 Å². The van der Waals surface area contributed by atoms with E-state index in [1.165, 1.54) is 6.20 Å². The van der Waals surface area contributed by atoms with Gasteiger partial charge in [-0.15, -0.1) is 6.58 Å². The van der Waals surface area contributed by atoms with Gasteiger partial charge in [-0.3, -0.25) is 4.79 Å². The third-order valence-corrected chi connectivity index (χ3v) is 2.88. The van der Waals surface area contributed by atoms with E-state index in [-0.39, 0.29) is 5.91 Å². The van der Waals surface area contributed by atoms with Crippen molar-refractivity contribution < 1.29 is 9.53 Å². The molecule has 0 bridgehead atoms. The van der Waals surface area contributed by atoms with Crippen LogP contribution in [0.15, 0.2) is 55.3 Å². The van der Waals surface area contributed by atoms with Gasteiger partial charge in [-0.05, 0) is 31.2 Å². The number of ether oxygens (including phenoxy) is 1. The summed E-state index contributed by atoms with van der Waals surface area (Å²) in [7, 11) is 0. The van der Waals surface area contributed by atoms with E-state index in [0.29, 0.717) is 24.5 Å². The largest absolute Gasteiger partial charge is 0.492 e. The third kappa shape index (κ3) is 4.09. The van der Waals surface area contributed by atoms with Crippen LogP contribution < -0.4 is 15.4 Å². The number of hydrogen-bond donors (Lipinski definition) is 2. The number of carbonyl (C=O) groups excluding carboxylic acids is 1. The molecule has 1 aromatic carbocycles. The molecule has 0 aliphatic carbocycles. The van der Waals surface area contributed by atoms with Crippen molar-refractivity contribution in [3.63, 3.8) is 0 Å². The van der Waals surface area contributed by atoms with Crippen LogP contribution >= 0.6 is 0 Å². The Morgan fingerprint density at radius 2 is 2.14 bits per heavy atom. The van der Waals surface area contributed by atoms with Gasteiger partial charge in [-0.1, -0.05) is 18.2 Å². The Morgan fingerprint density at radius 1 is 1.32 bits per heavy atom. The molecule has 0 atom stereocenters. The minimum Gasteiger partial charge on any atom is -0.492 e. The van der Waals surface area contributed by atoms with E-state index >= 15 is 0 Å². The standard InChI is InChI=1S/C17H19N3O2/c1-3-11-18-17(21)13-9-10-16(19-12-13)20-14-7-5-6-8-15(14)22-4-2/h3,5-10,12H,1,4,11H2,2H3,(H,18,21)(H,19,20). The molecule has 5 heteroatoms. The maximum Gasteiger partial charge on any atom is 0.253 e. The summed E-state index contributed by atoms with van der Waals surface area (Å²) in [6.07, 6.45) is 3.16. The van der Waals surface area contributed by atoms with Crippen molar-refractivity contribution in [2.24, 2.45) is 0 Å². The number of nitrogens with zero attached hydrogens (tertiary/aromatic N) is 1. The quantitative estimate of drug-likeness (QED) is 0.771. The summed E-state index contributed by atoms with van der Waals surface area (Å²) in [4.78, 5) is 16.0. The van der Waals surface area contributed by atoms with Crippen LogP contribution in [0.25, 0.3) is 0 Å². The predicted molar refractivity (Wildman–Crippen MR) is 87.7 cm³/mol. The maximum atomic E-state index is 11.8. The first-order chi connectivity index (χ1) is 10.7. The molecule has 0 aliphatic heterocycles. The molecule has 0 unspecified atom stereocenters. The van der Waals surface area contributed by atoms with Gasteiger partial charge in [0.25, 0.3) is 5.91 Å². The SMILES string of the molecule is C=CCNC(=O)c1ccc(Nc2ccccc2OCC)nc1. The van der Waals surface area contributed by atoms with Gasteiger partial charge in [0.05, 0.1) is 17.9 Å². The van der Waals surface area contributed by atoms with Crippen molar-refractivity contribution in [3.8, 4) is 5.75 Å². The van der Waals surface area contributed by atoms with E-state index in [4.69, 9.17) is 4.74 Å². The van der Waals surface area contributed by atoms with E-state index in [2.05, 4.69) is 22.2 Å². The van der Waals surface area contributed by atoms with Crippen LogP contribution in [0.1, 0.15) is 17.3 Å². The molecule has 0 aliphatic rings. The number of aromatic nitrogens is 1. The summed E-state index contributed by atoms with van der Waals surface area (Å²) in [6, 6.07) is 11.1. The molecular formula is C17H19N3O2. The smallest absolute Gasteiger partial charge is 0.253 e. The molecular weight excluding hydrogens is 278 g/mol. The summed E-state index contributed by atoms with van der Waals surface area (Å²) in [5, 5.41) is 5.89. The maximum absolute atomic E-state index is 11.8. The minimum absolute atomic E-state index is 0.173. The Balaban J connectivity index is 2.08. The van der Waals surface area contributed by atoms with E-state index in [1.807, 2.05) is 31.2 Å². The molecule has 0 radical (unpaired) electrons. The van der Waals surface area contributed by atoms with Crippen LogP contribution in [0.5, 0.6) is 5.75 Å². The van der Waals surface area contributed by atoms with Crippen LogP contribution in [0.3, 0.4) is 0 Å². The number of nitrogens with one attached hydrogen (secondary N) is 2. The first kappa shape index (κ1) is 15.6. The number of pyridine rings is 1. The molecule has 114 valence electrons. The first-order valence-electron chi connectivity index (χ1n) is 7.08. The number of anilines is 2. The third-order valence-electron chi connectivity index (χ3n) is 2.88. The Bertz CT molecular complexity index is 639. The molecule has 1 aromatic heterocycles. The molecule has 22 heavy (non-hydrogen) atoms. The summed E-state index contributed by atoms with van der Waals surface area (Å²) < 4.78 is 5.55. The summed E-state index contributed by atoms with van der Waals surface area (Å²) in [5.41, 5.74) is 1.34. The number of carbonyl (C=O) groups is 1. The molecule has 2 rings (SSSR count). The van der Waals surface area contributed by atoms with Crippen molar-refractivity contribution >= 4 is 17.4 Å². The molecule has 0 fully saturated rings. The number of hydrogen-bond acceptors (Lipinski definition) is 4. The van der Waals surface area contributed by atoms with Crippen LogP contribution in [-0.2, 0) is 0 Å². The number of rotatable bonds is 7. The van der Waals surface area contributed by atoms with Gasteiger partial charge < -0.3 is 15.4 Å². The normalized spacial score (nSPS) is 9.86. The number of benzene rings is 1. The molecule has 0 saturated carbocycles. The van der Waals surface area contributed by atoms with Crippen LogP contribution in [0.2, 0.25) is 0 Å². The second kappa shape index (κ2) is 7.83. The average Bonchev–Trinajstić information content (AvgIpc) is 2.55. The van der Waals surface area contributed by atoms with Crippen LogP contribution in [0, 0.1) is 0 Å². The molecule has 2 N–H and O–H groups in total. The van der Waals surface area contributed by atoms with Crippen LogP contribution in [-0.4, -0.2) is 24.0 Å². The van der Waals surface area contributed by atoms with E-state index in [9.17, 15) is 4.79 Å². The van der Waals surface area contributed by atoms with Crippen molar-refractivity contribution in [2.45, 2.75) is 6.92 Å². The van der Waals surface area contributed by atoms with Gasteiger partial charge >= 0.3 is 0 Å². The van der Waals surface area contributed by atoms with Crippen molar-refractivity contribution in [2.75, 3.05) is 18.5 Å². The van der Waals surface area contributed by atoms with Gasteiger partial charge in [0.15, 0.2) is 0 Å². The number of para-hydroxylation sites is 2. The van der Waals surface area contributed by atoms with Gasteiger partial charge in [-0.2, -0.15) is 0 Å². The fourth-order valence-corrected chi connectivity index (χ4v) is 1.86. The molecule has 2 aromatic rings.